The van der Waals surface area contributed by atoms with Crippen molar-refractivity contribution in [3.05, 3.63) is 182 Å². The fraction of sp³-hybridized carbons (Fsp3) is 0. The zero-order valence-electron chi connectivity index (χ0n) is 28.0. The Bertz CT molecular complexity index is 2590. The third-order valence-corrected chi connectivity index (χ3v) is 9.00. The van der Waals surface area contributed by atoms with Crippen molar-refractivity contribution in [3.63, 3.8) is 0 Å². The van der Waals surface area contributed by atoms with Gasteiger partial charge in [0.15, 0.2) is 17.5 Å². The molecule has 0 saturated carbocycles. The predicted octanol–water partition coefficient (Wildman–Crippen LogP) is 10.9. The molecule has 0 fully saturated rings. The minimum atomic E-state index is 0.619. The first kappa shape index (κ1) is 30.8. The molecule has 0 unspecified atom stereocenters. The van der Waals surface area contributed by atoms with Crippen LogP contribution in [0.2, 0.25) is 0 Å². The topological polar surface area (TPSA) is 77.3 Å². The smallest absolute Gasteiger partial charge is 0.164 e. The van der Waals surface area contributed by atoms with Crippen LogP contribution in [0.15, 0.2) is 182 Å². The Morgan fingerprint density at radius 3 is 1.33 bits per heavy atom. The van der Waals surface area contributed by atoms with Crippen LogP contribution in [0.5, 0.6) is 0 Å². The summed E-state index contributed by atoms with van der Waals surface area (Å²) in [6.45, 7) is 0. The van der Waals surface area contributed by atoms with Crippen molar-refractivity contribution in [2.24, 2.45) is 0 Å². The summed E-state index contributed by atoms with van der Waals surface area (Å²) in [6, 6.07) is 59.2. The molecule has 9 rings (SSSR count). The van der Waals surface area contributed by atoms with Gasteiger partial charge in [-0.2, -0.15) is 0 Å². The lowest BCUT2D eigenvalue weighted by atomic mass is 10.0. The Hall–Kier alpha value is -7.18. The molecule has 4 aromatic heterocycles. The number of para-hydroxylation sites is 1. The maximum atomic E-state index is 5.07. The van der Waals surface area contributed by atoms with Gasteiger partial charge in [-0.1, -0.05) is 146 Å². The van der Waals surface area contributed by atoms with Gasteiger partial charge in [-0.3, -0.25) is 4.98 Å². The van der Waals surface area contributed by atoms with Gasteiger partial charge in [0.25, 0.3) is 0 Å². The van der Waals surface area contributed by atoms with E-state index in [1.807, 2.05) is 115 Å². The van der Waals surface area contributed by atoms with Crippen molar-refractivity contribution >= 4 is 10.9 Å². The Labute approximate surface area is 301 Å². The highest BCUT2D eigenvalue weighted by molar-refractivity contribution is 5.82. The summed E-state index contributed by atoms with van der Waals surface area (Å²) in [6.07, 6.45) is 1.90. The predicted molar refractivity (Wildman–Crippen MR) is 209 cm³/mol. The Kier molecular flexibility index (Phi) is 8.08. The molecule has 9 aromatic rings. The fourth-order valence-corrected chi connectivity index (χ4v) is 6.26. The lowest BCUT2D eigenvalue weighted by Crippen LogP contribution is -2.00. The number of hydrogen-bond acceptors (Lipinski definition) is 6. The zero-order chi connectivity index (χ0) is 34.7. The van der Waals surface area contributed by atoms with E-state index < -0.39 is 0 Å². The molecule has 5 aromatic carbocycles. The molecule has 52 heavy (non-hydrogen) atoms. The third kappa shape index (κ3) is 6.32. The second kappa shape index (κ2) is 13.6. The first-order chi connectivity index (χ1) is 25.7. The second-order valence-electron chi connectivity index (χ2n) is 12.4. The molecule has 244 valence electrons. The van der Waals surface area contributed by atoms with Gasteiger partial charge in [0.1, 0.15) is 0 Å². The Balaban J connectivity index is 1.04. The number of aromatic nitrogens is 6. The SMILES string of the molecule is c1ccc(-c2cc(-c3ccc(-c4ccc(-c5nc(-c6ccccc6)nc(-c6ccccc6)n5)cc4)cn3)nc(-c3ccc4ccccc4n3)c2)cc1. The van der Waals surface area contributed by atoms with Gasteiger partial charge in [-0.25, -0.2) is 24.9 Å². The van der Waals surface area contributed by atoms with Crippen LogP contribution in [0.1, 0.15) is 0 Å². The molecule has 0 N–H and O–H groups in total. The third-order valence-electron chi connectivity index (χ3n) is 9.00. The average molecular weight is 667 g/mol. The highest BCUT2D eigenvalue weighted by Gasteiger charge is 2.14. The fourth-order valence-electron chi connectivity index (χ4n) is 6.26. The highest BCUT2D eigenvalue weighted by Crippen LogP contribution is 2.32. The number of benzene rings is 5. The van der Waals surface area contributed by atoms with Gasteiger partial charge < -0.3 is 0 Å². The molecule has 0 radical (unpaired) electrons. The van der Waals surface area contributed by atoms with Gasteiger partial charge >= 0.3 is 0 Å². The molecule has 0 bridgehead atoms. The minimum absolute atomic E-state index is 0.619. The van der Waals surface area contributed by atoms with Gasteiger partial charge in [0.2, 0.25) is 0 Å². The van der Waals surface area contributed by atoms with Crippen LogP contribution < -0.4 is 0 Å². The molecule has 0 atom stereocenters. The quantitative estimate of drug-likeness (QED) is 0.168. The molecular weight excluding hydrogens is 637 g/mol. The van der Waals surface area contributed by atoms with Crippen LogP contribution >= 0.6 is 0 Å². The van der Waals surface area contributed by atoms with E-state index in [4.69, 9.17) is 29.9 Å². The van der Waals surface area contributed by atoms with Crippen molar-refractivity contribution in [3.8, 4) is 79.2 Å². The summed E-state index contributed by atoms with van der Waals surface area (Å²) >= 11 is 0. The normalized spacial score (nSPS) is 11.1. The highest BCUT2D eigenvalue weighted by atomic mass is 15.0. The van der Waals surface area contributed by atoms with Gasteiger partial charge in [0, 0.05) is 33.8 Å². The van der Waals surface area contributed by atoms with Crippen molar-refractivity contribution in [1.82, 2.24) is 29.9 Å². The number of nitrogens with zero attached hydrogens (tertiary/aromatic N) is 6. The van der Waals surface area contributed by atoms with E-state index in [-0.39, 0.29) is 0 Å². The van der Waals surface area contributed by atoms with E-state index in [1.54, 1.807) is 0 Å². The van der Waals surface area contributed by atoms with E-state index >= 15 is 0 Å². The van der Waals surface area contributed by atoms with Crippen molar-refractivity contribution in [2.75, 3.05) is 0 Å². The van der Waals surface area contributed by atoms with Gasteiger partial charge in [-0.05, 0) is 47.0 Å². The van der Waals surface area contributed by atoms with Gasteiger partial charge in [0.05, 0.1) is 28.3 Å². The maximum Gasteiger partial charge on any atom is 0.164 e. The molecule has 0 aliphatic carbocycles. The molecule has 0 aliphatic heterocycles. The number of fused-ring (bicyclic) bond motifs is 1. The summed E-state index contributed by atoms with van der Waals surface area (Å²) in [5.41, 5.74) is 11.1. The standard InChI is InChI=1S/C46H30N6/c1-4-12-31(13-5-1)38-28-42(49-43(29-38)41-27-24-33-14-10-11-19-39(33)48-41)40-26-25-37(30-47-40)32-20-22-36(23-21-32)46-51-44(34-15-6-2-7-16-34)50-45(52-46)35-17-8-3-9-18-35/h1-30H. The second-order valence-corrected chi connectivity index (χ2v) is 12.4. The first-order valence-electron chi connectivity index (χ1n) is 17.1. The largest absolute Gasteiger partial charge is 0.254 e. The molecule has 4 heterocycles. The van der Waals surface area contributed by atoms with E-state index in [0.717, 1.165) is 72.6 Å². The molecule has 6 nitrogen and oxygen atoms in total. The summed E-state index contributed by atoms with van der Waals surface area (Å²) < 4.78 is 0. The van der Waals surface area contributed by atoms with Crippen LogP contribution in [0.3, 0.4) is 0 Å². The van der Waals surface area contributed by atoms with Crippen LogP contribution in [0.25, 0.3) is 90.1 Å². The molecule has 0 aliphatic rings. The van der Waals surface area contributed by atoms with Crippen LogP contribution in [0.4, 0.5) is 0 Å². The maximum absolute atomic E-state index is 5.07. The molecule has 0 spiro atoms. The van der Waals surface area contributed by atoms with Crippen LogP contribution in [-0.4, -0.2) is 29.9 Å². The molecular formula is C46H30N6. The van der Waals surface area contributed by atoms with Crippen molar-refractivity contribution < 1.29 is 0 Å². The Morgan fingerprint density at radius 2 is 0.731 bits per heavy atom. The number of pyridine rings is 3. The van der Waals surface area contributed by atoms with E-state index in [2.05, 4.69) is 66.7 Å². The monoisotopic (exact) mass is 666 g/mol. The van der Waals surface area contributed by atoms with E-state index in [1.165, 1.54) is 0 Å². The van der Waals surface area contributed by atoms with Gasteiger partial charge in [-0.15, -0.1) is 0 Å². The summed E-state index contributed by atoms with van der Waals surface area (Å²) in [5.74, 6) is 1.89. The summed E-state index contributed by atoms with van der Waals surface area (Å²) in [7, 11) is 0. The van der Waals surface area contributed by atoms with Crippen molar-refractivity contribution in [2.45, 2.75) is 0 Å². The lowest BCUT2D eigenvalue weighted by Gasteiger charge is -2.11. The van der Waals surface area contributed by atoms with Crippen LogP contribution in [-0.2, 0) is 0 Å². The summed E-state index contributed by atoms with van der Waals surface area (Å²) in [4.78, 5) is 29.5. The van der Waals surface area contributed by atoms with E-state index in [0.29, 0.717) is 17.5 Å². The van der Waals surface area contributed by atoms with Crippen molar-refractivity contribution in [1.29, 1.82) is 0 Å². The van der Waals surface area contributed by atoms with E-state index in [9.17, 15) is 0 Å². The zero-order valence-corrected chi connectivity index (χ0v) is 28.0. The number of rotatable bonds is 7. The first-order valence-corrected chi connectivity index (χ1v) is 17.1. The molecule has 0 amide bonds. The minimum Gasteiger partial charge on any atom is -0.254 e. The number of hydrogen-bond donors (Lipinski definition) is 0. The summed E-state index contributed by atoms with van der Waals surface area (Å²) in [5, 5.41) is 1.10. The Morgan fingerprint density at radius 1 is 0.269 bits per heavy atom. The molecule has 0 saturated heterocycles. The van der Waals surface area contributed by atoms with Crippen LogP contribution in [0, 0.1) is 0 Å². The average Bonchev–Trinajstić information content (AvgIpc) is 3.24. The molecule has 6 heteroatoms. The lowest BCUT2D eigenvalue weighted by molar-refractivity contribution is 1.07.